The van der Waals surface area contributed by atoms with Crippen molar-refractivity contribution in [2.45, 2.75) is 6.92 Å². The van der Waals surface area contributed by atoms with Crippen molar-refractivity contribution < 1.29 is 23.8 Å². The zero-order valence-electron chi connectivity index (χ0n) is 18.0. The molecule has 0 unspecified atom stereocenters. The SMILES string of the molecule is COc1ccccc1C(=O)Nc1ccc2c(c1)N(CCOc1cccc(C)c1)C(=O)CO2. The van der Waals surface area contributed by atoms with Crippen molar-refractivity contribution in [1.29, 1.82) is 0 Å². The third-order valence-corrected chi connectivity index (χ3v) is 5.08. The first kappa shape index (κ1) is 21.2. The van der Waals surface area contributed by atoms with Crippen LogP contribution in [-0.2, 0) is 4.79 Å². The van der Waals surface area contributed by atoms with Crippen LogP contribution < -0.4 is 24.4 Å². The van der Waals surface area contributed by atoms with Crippen molar-refractivity contribution in [2.75, 3.05) is 37.1 Å². The molecule has 164 valence electrons. The van der Waals surface area contributed by atoms with Crippen LogP contribution in [-0.4, -0.2) is 38.7 Å². The molecule has 7 heteroatoms. The predicted molar refractivity (Wildman–Crippen MR) is 122 cm³/mol. The minimum Gasteiger partial charge on any atom is -0.496 e. The Hall–Kier alpha value is -4.00. The maximum absolute atomic E-state index is 12.7. The van der Waals surface area contributed by atoms with E-state index in [1.165, 1.54) is 7.11 Å². The van der Waals surface area contributed by atoms with Gasteiger partial charge in [0, 0.05) is 5.69 Å². The number of ether oxygens (including phenoxy) is 3. The summed E-state index contributed by atoms with van der Waals surface area (Å²) in [7, 11) is 1.52. The fourth-order valence-electron chi connectivity index (χ4n) is 3.52. The number of methoxy groups -OCH3 is 1. The Morgan fingerprint density at radius 1 is 1.09 bits per heavy atom. The smallest absolute Gasteiger partial charge is 0.265 e. The van der Waals surface area contributed by atoms with Gasteiger partial charge in [-0.05, 0) is 55.0 Å². The average molecular weight is 432 g/mol. The van der Waals surface area contributed by atoms with Gasteiger partial charge in [-0.2, -0.15) is 0 Å². The molecule has 0 aliphatic carbocycles. The number of rotatable bonds is 7. The maximum atomic E-state index is 12.7. The van der Waals surface area contributed by atoms with E-state index in [1.54, 1.807) is 47.4 Å². The number of carbonyl (C=O) groups excluding carboxylic acids is 2. The van der Waals surface area contributed by atoms with Crippen molar-refractivity contribution in [2.24, 2.45) is 0 Å². The lowest BCUT2D eigenvalue weighted by Crippen LogP contribution is -2.41. The van der Waals surface area contributed by atoms with Gasteiger partial charge in [0.25, 0.3) is 11.8 Å². The highest BCUT2D eigenvalue weighted by Crippen LogP contribution is 2.35. The van der Waals surface area contributed by atoms with Crippen LogP contribution in [0.15, 0.2) is 66.7 Å². The molecule has 0 radical (unpaired) electrons. The summed E-state index contributed by atoms with van der Waals surface area (Å²) in [6.45, 7) is 2.64. The first-order valence-electron chi connectivity index (χ1n) is 10.3. The molecule has 7 nitrogen and oxygen atoms in total. The second-order valence-corrected chi connectivity index (χ2v) is 7.34. The summed E-state index contributed by atoms with van der Waals surface area (Å²) in [5.74, 6) is 1.34. The Labute approximate surface area is 186 Å². The van der Waals surface area contributed by atoms with Crippen molar-refractivity contribution in [1.82, 2.24) is 0 Å². The molecule has 3 aromatic rings. The Balaban J connectivity index is 1.49. The van der Waals surface area contributed by atoms with E-state index in [-0.39, 0.29) is 18.4 Å². The maximum Gasteiger partial charge on any atom is 0.265 e. The summed E-state index contributed by atoms with van der Waals surface area (Å²) >= 11 is 0. The van der Waals surface area contributed by atoms with Crippen LogP contribution >= 0.6 is 0 Å². The number of hydrogen-bond donors (Lipinski definition) is 1. The summed E-state index contributed by atoms with van der Waals surface area (Å²) in [5, 5.41) is 2.86. The predicted octanol–water partition coefficient (Wildman–Crippen LogP) is 4.06. The molecule has 1 aliphatic rings. The topological polar surface area (TPSA) is 77.1 Å². The highest BCUT2D eigenvalue weighted by Gasteiger charge is 2.26. The van der Waals surface area contributed by atoms with E-state index in [1.807, 2.05) is 31.2 Å². The number of para-hydroxylation sites is 1. The van der Waals surface area contributed by atoms with E-state index in [0.717, 1.165) is 11.3 Å². The van der Waals surface area contributed by atoms with Crippen LogP contribution in [0.5, 0.6) is 17.2 Å². The molecule has 2 amide bonds. The molecule has 0 spiro atoms. The molecule has 1 heterocycles. The summed E-state index contributed by atoms with van der Waals surface area (Å²) in [6.07, 6.45) is 0. The van der Waals surface area contributed by atoms with E-state index >= 15 is 0 Å². The Bertz CT molecular complexity index is 1140. The van der Waals surface area contributed by atoms with Crippen molar-refractivity contribution in [3.63, 3.8) is 0 Å². The molecule has 0 saturated carbocycles. The number of carbonyl (C=O) groups is 2. The van der Waals surface area contributed by atoms with E-state index in [2.05, 4.69) is 5.32 Å². The fourth-order valence-corrected chi connectivity index (χ4v) is 3.52. The lowest BCUT2D eigenvalue weighted by Gasteiger charge is -2.29. The van der Waals surface area contributed by atoms with Gasteiger partial charge >= 0.3 is 0 Å². The Morgan fingerprint density at radius 2 is 1.94 bits per heavy atom. The summed E-state index contributed by atoms with van der Waals surface area (Å²) in [6, 6.07) is 19.9. The first-order chi connectivity index (χ1) is 15.5. The van der Waals surface area contributed by atoms with Gasteiger partial charge in [-0.3, -0.25) is 9.59 Å². The van der Waals surface area contributed by atoms with Gasteiger partial charge in [0.2, 0.25) is 0 Å². The largest absolute Gasteiger partial charge is 0.496 e. The third-order valence-electron chi connectivity index (χ3n) is 5.08. The summed E-state index contributed by atoms with van der Waals surface area (Å²) in [5.41, 5.74) is 2.66. The molecule has 4 rings (SSSR count). The number of nitrogens with one attached hydrogen (secondary N) is 1. The molecule has 3 aromatic carbocycles. The summed E-state index contributed by atoms with van der Waals surface area (Å²) in [4.78, 5) is 26.9. The molecular formula is C25H24N2O5. The van der Waals surface area contributed by atoms with Gasteiger partial charge in [0.1, 0.15) is 23.9 Å². The number of hydrogen-bond acceptors (Lipinski definition) is 5. The highest BCUT2D eigenvalue weighted by molar-refractivity contribution is 6.07. The van der Waals surface area contributed by atoms with Gasteiger partial charge < -0.3 is 24.4 Å². The second kappa shape index (κ2) is 9.43. The summed E-state index contributed by atoms with van der Waals surface area (Å²) < 4.78 is 16.6. The van der Waals surface area contributed by atoms with E-state index in [9.17, 15) is 9.59 Å². The number of amides is 2. The molecule has 0 bridgehead atoms. The van der Waals surface area contributed by atoms with Crippen molar-refractivity contribution >= 4 is 23.2 Å². The highest BCUT2D eigenvalue weighted by atomic mass is 16.5. The zero-order valence-corrected chi connectivity index (χ0v) is 18.0. The van der Waals surface area contributed by atoms with Crippen LogP contribution in [0.4, 0.5) is 11.4 Å². The monoisotopic (exact) mass is 432 g/mol. The fraction of sp³-hybridized carbons (Fsp3) is 0.200. The molecule has 1 aliphatic heterocycles. The Kier molecular flexibility index (Phi) is 6.26. The average Bonchev–Trinajstić information content (AvgIpc) is 2.80. The van der Waals surface area contributed by atoms with E-state index in [4.69, 9.17) is 14.2 Å². The number of benzene rings is 3. The van der Waals surface area contributed by atoms with Crippen LogP contribution in [0.2, 0.25) is 0 Å². The zero-order chi connectivity index (χ0) is 22.5. The van der Waals surface area contributed by atoms with Gasteiger partial charge in [0.15, 0.2) is 6.61 Å². The van der Waals surface area contributed by atoms with Crippen LogP contribution in [0.25, 0.3) is 0 Å². The minimum absolute atomic E-state index is 0.0373. The molecule has 0 atom stereocenters. The Morgan fingerprint density at radius 3 is 2.75 bits per heavy atom. The number of fused-ring (bicyclic) bond motifs is 1. The van der Waals surface area contributed by atoms with Crippen molar-refractivity contribution in [3.8, 4) is 17.2 Å². The number of aryl methyl sites for hydroxylation is 1. The first-order valence-corrected chi connectivity index (χ1v) is 10.3. The van der Waals surface area contributed by atoms with E-state index in [0.29, 0.717) is 41.6 Å². The molecular weight excluding hydrogens is 408 g/mol. The quantitative estimate of drug-likeness (QED) is 0.609. The molecule has 0 saturated heterocycles. The third kappa shape index (κ3) is 4.67. The van der Waals surface area contributed by atoms with Gasteiger partial charge in [-0.15, -0.1) is 0 Å². The molecule has 0 fully saturated rings. The molecule has 1 N–H and O–H groups in total. The van der Waals surface area contributed by atoms with Crippen molar-refractivity contribution in [3.05, 3.63) is 77.9 Å². The van der Waals surface area contributed by atoms with Gasteiger partial charge in [-0.25, -0.2) is 0 Å². The lowest BCUT2D eigenvalue weighted by molar-refractivity contribution is -0.121. The number of anilines is 2. The second-order valence-electron chi connectivity index (χ2n) is 7.34. The van der Waals surface area contributed by atoms with Crippen LogP contribution in [0.3, 0.4) is 0 Å². The number of nitrogens with zero attached hydrogens (tertiary/aromatic N) is 1. The van der Waals surface area contributed by atoms with Crippen LogP contribution in [0, 0.1) is 6.92 Å². The molecule has 32 heavy (non-hydrogen) atoms. The van der Waals surface area contributed by atoms with Crippen LogP contribution in [0.1, 0.15) is 15.9 Å². The van der Waals surface area contributed by atoms with E-state index < -0.39 is 0 Å². The molecule has 0 aromatic heterocycles. The van der Waals surface area contributed by atoms with Gasteiger partial charge in [0.05, 0.1) is 24.9 Å². The van der Waals surface area contributed by atoms with Gasteiger partial charge in [-0.1, -0.05) is 24.3 Å². The standard InChI is InChI=1S/C25H24N2O5/c1-17-6-5-7-19(14-17)31-13-12-27-21-15-18(10-11-23(21)32-16-24(27)28)26-25(29)20-8-3-4-9-22(20)30-2/h3-11,14-15H,12-13,16H2,1-2H3,(H,26,29). The normalized spacial score (nSPS) is 12.6. The lowest BCUT2D eigenvalue weighted by atomic mass is 10.1. The minimum atomic E-state index is -0.306.